The minimum absolute atomic E-state index is 0. The second kappa shape index (κ2) is 10.7. The number of aliphatic imine (C=N–C) groups is 1. The lowest BCUT2D eigenvalue weighted by molar-refractivity contribution is 0.381. The van der Waals surface area contributed by atoms with Gasteiger partial charge in [-0.1, -0.05) is 26.0 Å². The van der Waals surface area contributed by atoms with Gasteiger partial charge in [-0.05, 0) is 30.0 Å². The van der Waals surface area contributed by atoms with Crippen molar-refractivity contribution in [2.45, 2.75) is 30.4 Å². The summed E-state index contributed by atoms with van der Waals surface area (Å²) in [6.07, 6.45) is 0.792. The molecule has 26 heavy (non-hydrogen) atoms. The number of halogens is 1. The molecule has 3 N–H and O–H groups in total. The minimum Gasteiger partial charge on any atom is -0.356 e. The van der Waals surface area contributed by atoms with Crippen LogP contribution in [0.25, 0.3) is 0 Å². The van der Waals surface area contributed by atoms with E-state index in [0.717, 1.165) is 43.3 Å². The number of nitrogens with zero attached hydrogens (tertiary/aromatic N) is 2. The van der Waals surface area contributed by atoms with Gasteiger partial charge in [0.1, 0.15) is 0 Å². The fourth-order valence-corrected chi connectivity index (χ4v) is 4.58. The Labute approximate surface area is 178 Å². The highest BCUT2D eigenvalue weighted by atomic mass is 127. The third-order valence-corrected chi connectivity index (χ3v) is 6.77. The predicted molar refractivity (Wildman–Crippen MR) is 121 cm³/mol. The van der Waals surface area contributed by atoms with Crippen LogP contribution >= 0.6 is 35.7 Å². The summed E-state index contributed by atoms with van der Waals surface area (Å²) < 4.78 is 22.6. The molecule has 6 nitrogen and oxygen atoms in total. The summed E-state index contributed by atoms with van der Waals surface area (Å²) in [5, 5.41) is 9.17. The number of nitrogens with one attached hydrogen (secondary N) is 1. The predicted octanol–water partition coefficient (Wildman–Crippen LogP) is 2.14. The summed E-state index contributed by atoms with van der Waals surface area (Å²) in [5.74, 6) is 2.72. The molecule has 1 fully saturated rings. The molecule has 0 aliphatic carbocycles. The third kappa shape index (κ3) is 6.90. The monoisotopic (exact) mass is 512 g/mol. The van der Waals surface area contributed by atoms with Gasteiger partial charge in [0, 0.05) is 37.7 Å². The van der Waals surface area contributed by atoms with Crippen molar-refractivity contribution in [1.29, 1.82) is 0 Å². The summed E-state index contributed by atoms with van der Waals surface area (Å²) >= 11 is 2.04. The van der Waals surface area contributed by atoms with Crippen molar-refractivity contribution in [2.75, 3.05) is 32.4 Å². The van der Waals surface area contributed by atoms with Crippen molar-refractivity contribution in [2.24, 2.45) is 16.0 Å². The molecule has 0 bridgehead atoms. The van der Waals surface area contributed by atoms with Crippen LogP contribution < -0.4 is 10.5 Å². The van der Waals surface area contributed by atoms with Crippen molar-refractivity contribution in [3.8, 4) is 0 Å². The Balaban J connectivity index is 0.00000338. The van der Waals surface area contributed by atoms with E-state index in [1.54, 1.807) is 24.3 Å². The molecule has 0 saturated carbocycles. The molecular formula is C17H29IN4O2S2. The van der Waals surface area contributed by atoms with Crippen LogP contribution in [-0.2, 0) is 16.4 Å². The van der Waals surface area contributed by atoms with E-state index >= 15 is 0 Å². The Bertz CT molecular complexity index is 693. The first kappa shape index (κ1) is 23.5. The van der Waals surface area contributed by atoms with Gasteiger partial charge in [-0.15, -0.1) is 24.0 Å². The van der Waals surface area contributed by atoms with Crippen molar-refractivity contribution in [3.63, 3.8) is 0 Å². The molecule has 1 aliphatic rings. The molecule has 1 aromatic carbocycles. The average Bonchev–Trinajstić information content (AvgIpc) is 2.58. The van der Waals surface area contributed by atoms with E-state index < -0.39 is 10.0 Å². The van der Waals surface area contributed by atoms with Gasteiger partial charge in [0.2, 0.25) is 10.0 Å². The lowest BCUT2D eigenvalue weighted by Crippen LogP contribution is -2.49. The molecule has 1 saturated heterocycles. The van der Waals surface area contributed by atoms with E-state index in [0.29, 0.717) is 11.2 Å². The maximum Gasteiger partial charge on any atom is 0.238 e. The second-order valence-electron chi connectivity index (χ2n) is 6.51. The van der Waals surface area contributed by atoms with Crippen molar-refractivity contribution < 1.29 is 8.42 Å². The Morgan fingerprint density at radius 1 is 1.38 bits per heavy atom. The van der Waals surface area contributed by atoms with E-state index in [9.17, 15) is 8.42 Å². The SMILES string of the molecule is CN=C(NCCc1ccc(S(N)(=O)=O)cc1)N1CCSC(C(C)C)C1.I. The lowest BCUT2D eigenvalue weighted by Gasteiger charge is -2.36. The molecule has 0 radical (unpaired) electrons. The summed E-state index contributed by atoms with van der Waals surface area (Å²) in [7, 11) is -1.81. The molecule has 1 atom stereocenters. The van der Waals surface area contributed by atoms with Crippen molar-refractivity contribution in [3.05, 3.63) is 29.8 Å². The Kier molecular flexibility index (Phi) is 9.70. The van der Waals surface area contributed by atoms with Crippen LogP contribution in [0.4, 0.5) is 0 Å². The molecule has 0 spiro atoms. The summed E-state index contributed by atoms with van der Waals surface area (Å²) in [4.78, 5) is 6.88. The quantitative estimate of drug-likeness (QED) is 0.359. The average molecular weight is 512 g/mol. The molecule has 1 unspecified atom stereocenters. The van der Waals surface area contributed by atoms with Crippen LogP contribution in [0.15, 0.2) is 34.2 Å². The molecule has 0 aromatic heterocycles. The van der Waals surface area contributed by atoms with Crippen LogP contribution in [0.5, 0.6) is 0 Å². The van der Waals surface area contributed by atoms with Gasteiger partial charge >= 0.3 is 0 Å². The van der Waals surface area contributed by atoms with Crippen LogP contribution in [0.2, 0.25) is 0 Å². The van der Waals surface area contributed by atoms with Crippen LogP contribution in [0, 0.1) is 5.92 Å². The van der Waals surface area contributed by atoms with E-state index in [4.69, 9.17) is 5.14 Å². The van der Waals surface area contributed by atoms with Crippen molar-refractivity contribution in [1.82, 2.24) is 10.2 Å². The first-order valence-corrected chi connectivity index (χ1v) is 11.1. The standard InChI is InChI=1S/C17H28N4O2S2.HI/c1-13(2)16-12-21(10-11-24-16)17(19-3)20-9-8-14-4-6-15(7-5-14)25(18,22)23;/h4-7,13,16H,8-12H2,1-3H3,(H,19,20)(H2,18,22,23);1H. The Morgan fingerprint density at radius 3 is 2.58 bits per heavy atom. The lowest BCUT2D eigenvalue weighted by atomic mass is 10.1. The van der Waals surface area contributed by atoms with Crippen LogP contribution in [0.3, 0.4) is 0 Å². The first-order valence-electron chi connectivity index (χ1n) is 8.50. The smallest absolute Gasteiger partial charge is 0.238 e. The summed E-state index contributed by atoms with van der Waals surface area (Å²) in [6, 6.07) is 6.70. The second-order valence-corrected chi connectivity index (χ2v) is 9.42. The number of nitrogens with two attached hydrogens (primary N) is 1. The van der Waals surface area contributed by atoms with Gasteiger partial charge in [0.15, 0.2) is 5.96 Å². The van der Waals surface area contributed by atoms with Gasteiger partial charge in [-0.2, -0.15) is 11.8 Å². The Morgan fingerprint density at radius 2 is 2.04 bits per heavy atom. The number of hydrogen-bond acceptors (Lipinski definition) is 4. The minimum atomic E-state index is -3.63. The maximum atomic E-state index is 11.3. The van der Waals surface area contributed by atoms with Gasteiger partial charge in [0.25, 0.3) is 0 Å². The molecule has 9 heteroatoms. The van der Waals surface area contributed by atoms with Gasteiger partial charge in [-0.25, -0.2) is 13.6 Å². The molecule has 148 valence electrons. The number of hydrogen-bond donors (Lipinski definition) is 2. The fourth-order valence-electron chi connectivity index (χ4n) is 2.77. The van der Waals surface area contributed by atoms with Gasteiger partial charge < -0.3 is 10.2 Å². The number of sulfonamides is 1. The number of benzene rings is 1. The molecular weight excluding hydrogens is 483 g/mol. The fraction of sp³-hybridized carbons (Fsp3) is 0.588. The number of rotatable bonds is 5. The molecule has 1 heterocycles. The maximum absolute atomic E-state index is 11.3. The highest BCUT2D eigenvalue weighted by Crippen LogP contribution is 2.24. The third-order valence-electron chi connectivity index (χ3n) is 4.30. The molecule has 0 amide bonds. The topological polar surface area (TPSA) is 87.8 Å². The number of guanidine groups is 1. The van der Waals surface area contributed by atoms with E-state index in [2.05, 4.69) is 29.1 Å². The first-order chi connectivity index (χ1) is 11.8. The largest absolute Gasteiger partial charge is 0.356 e. The zero-order valence-corrected chi connectivity index (χ0v) is 19.5. The van der Waals surface area contributed by atoms with E-state index in [-0.39, 0.29) is 28.9 Å². The highest BCUT2D eigenvalue weighted by Gasteiger charge is 2.24. The van der Waals surface area contributed by atoms with E-state index in [1.165, 1.54) is 0 Å². The Hall–Kier alpha value is -0.520. The summed E-state index contributed by atoms with van der Waals surface area (Å²) in [6.45, 7) is 7.31. The molecule has 1 aliphatic heterocycles. The normalized spacial score (nSPS) is 18.6. The van der Waals surface area contributed by atoms with Gasteiger partial charge in [0.05, 0.1) is 4.90 Å². The van der Waals surface area contributed by atoms with Crippen LogP contribution in [-0.4, -0.2) is 57.0 Å². The molecule has 1 aromatic rings. The highest BCUT2D eigenvalue weighted by molar-refractivity contribution is 14.0. The number of thioether (sulfide) groups is 1. The number of primary sulfonamides is 1. The zero-order chi connectivity index (χ0) is 18.4. The van der Waals surface area contributed by atoms with Crippen LogP contribution in [0.1, 0.15) is 19.4 Å². The zero-order valence-electron chi connectivity index (χ0n) is 15.5. The molecule has 2 rings (SSSR count). The summed E-state index contributed by atoms with van der Waals surface area (Å²) in [5.41, 5.74) is 1.06. The van der Waals surface area contributed by atoms with E-state index in [1.807, 2.05) is 18.8 Å². The van der Waals surface area contributed by atoms with Gasteiger partial charge in [-0.3, -0.25) is 4.99 Å². The van der Waals surface area contributed by atoms with Crippen molar-refractivity contribution >= 4 is 51.7 Å².